The molecular weight excluding hydrogens is 397 g/mol. The Balaban J connectivity index is 0.00000208. The first kappa shape index (κ1) is 26.4. The topological polar surface area (TPSA) is 211 Å². The molecule has 0 aliphatic carbocycles. The van der Waals surface area contributed by atoms with Gasteiger partial charge in [0.15, 0.2) is 12.3 Å². The number of nitrogens with zero attached hydrogens (tertiary/aromatic N) is 4. The molecule has 0 aromatic carbocycles. The number of hydrogen-bond donors (Lipinski definition) is 2. The number of amidine groups is 1. The zero-order chi connectivity index (χ0) is 16.8. The monoisotopic (exact) mass is 410 g/mol. The number of aliphatic hydroxyl groups excluding tert-OH is 2. The van der Waals surface area contributed by atoms with Gasteiger partial charge in [-0.25, -0.2) is 4.99 Å². The molecule has 5 atom stereocenters. The van der Waals surface area contributed by atoms with Crippen LogP contribution in [0.1, 0.15) is 0 Å². The van der Waals surface area contributed by atoms with Gasteiger partial charge in [-0.2, -0.15) is 4.99 Å². The Morgan fingerprint density at radius 1 is 1.31 bits per heavy atom. The quantitative estimate of drug-likeness (QED) is 0.332. The first-order valence-electron chi connectivity index (χ1n) is 6.42. The predicted molar refractivity (Wildman–Crippen MR) is 72.9 cm³/mol. The molecule has 0 spiro atoms. The summed E-state index contributed by atoms with van der Waals surface area (Å²) in [6.07, 6.45) is -3.18. The van der Waals surface area contributed by atoms with E-state index in [4.69, 9.17) is 4.74 Å². The minimum absolute atomic E-state index is 0. The van der Waals surface area contributed by atoms with Crippen molar-refractivity contribution in [3.05, 3.63) is 0 Å². The Morgan fingerprint density at radius 3 is 2.58 bits per heavy atom. The molecule has 3 aliphatic rings. The van der Waals surface area contributed by atoms with E-state index in [2.05, 4.69) is 19.5 Å². The summed E-state index contributed by atoms with van der Waals surface area (Å²) < 4.78 is 19.9. The number of phosphoric ester groups is 1. The Kier molecular flexibility index (Phi) is 10.4. The fourth-order valence-electron chi connectivity index (χ4n) is 2.39. The fraction of sp³-hybridized carbons (Fsp3) is 0.600. The van der Waals surface area contributed by atoms with Crippen LogP contribution in [0.4, 0.5) is 0 Å². The molecule has 134 valence electrons. The molecule has 3 heterocycles. The van der Waals surface area contributed by atoms with Crippen LogP contribution in [0.15, 0.2) is 15.0 Å². The molecule has 4 N–H and O–H groups in total. The van der Waals surface area contributed by atoms with Crippen LogP contribution in [0.2, 0.25) is 0 Å². The van der Waals surface area contributed by atoms with E-state index in [-0.39, 0.29) is 70.4 Å². The van der Waals surface area contributed by atoms with Crippen molar-refractivity contribution in [2.24, 2.45) is 15.0 Å². The molecule has 0 bridgehead atoms. The van der Waals surface area contributed by atoms with E-state index in [0.29, 0.717) is 0 Å². The van der Waals surface area contributed by atoms with E-state index in [1.807, 2.05) is 0 Å². The van der Waals surface area contributed by atoms with Crippen molar-refractivity contribution in [3.63, 3.8) is 0 Å². The molecule has 1 unspecified atom stereocenters. The van der Waals surface area contributed by atoms with Gasteiger partial charge < -0.3 is 39.3 Å². The fourth-order valence-corrected chi connectivity index (χ4v) is 2.72. The number of hydrogen-bond acceptors (Lipinski definition) is 11. The van der Waals surface area contributed by atoms with Crippen LogP contribution >= 0.6 is 7.82 Å². The summed E-state index contributed by atoms with van der Waals surface area (Å²) in [7, 11) is -5.24. The average molecular weight is 410 g/mol. The summed E-state index contributed by atoms with van der Waals surface area (Å²) in [6, 6.07) is -0.952. The van der Waals surface area contributed by atoms with Crippen LogP contribution < -0.4 is 68.9 Å². The van der Waals surface area contributed by atoms with Crippen molar-refractivity contribution in [1.82, 2.24) is 4.90 Å². The Labute approximate surface area is 191 Å². The van der Waals surface area contributed by atoms with Crippen molar-refractivity contribution < 1.29 is 103 Å². The number of carbonyl (C=O) groups is 1. The molecule has 0 saturated carbocycles. The summed E-state index contributed by atoms with van der Waals surface area (Å²) in [5, 5.41) is 19.9. The third-order valence-electron chi connectivity index (χ3n) is 3.47. The predicted octanol–water partition coefficient (Wildman–Crippen LogP) is -10.9. The second-order valence-electron chi connectivity index (χ2n) is 4.93. The van der Waals surface area contributed by atoms with E-state index >= 15 is 0 Å². The molecule has 3 rings (SSSR count). The maximum atomic E-state index is 11.6. The van der Waals surface area contributed by atoms with Gasteiger partial charge in [-0.15, -0.1) is 0 Å². The summed E-state index contributed by atoms with van der Waals surface area (Å²) in [5.74, 6) is -0.388. The van der Waals surface area contributed by atoms with Crippen LogP contribution in [0.3, 0.4) is 0 Å². The minimum Gasteiger partial charge on any atom is -0.790 e. The van der Waals surface area contributed by atoms with Crippen molar-refractivity contribution in [1.29, 1.82) is 0 Å². The average Bonchev–Trinajstić information content (AvgIpc) is 3.01. The molecule has 0 aromatic heterocycles. The Morgan fingerprint density at radius 2 is 1.96 bits per heavy atom. The number of aliphatic imine (C=N–C) groups is 3. The van der Waals surface area contributed by atoms with Gasteiger partial charge >= 0.3 is 59.1 Å². The molecule has 0 radical (unpaired) electrons. The van der Waals surface area contributed by atoms with E-state index < -0.39 is 50.9 Å². The minimum atomic E-state index is -5.24. The molecule has 13 nitrogen and oxygen atoms in total. The summed E-state index contributed by atoms with van der Waals surface area (Å²) in [5.41, 5.74) is 0. The van der Waals surface area contributed by atoms with Crippen LogP contribution in [0.25, 0.3) is 0 Å². The normalized spacial score (nSPS) is 32.3. The third kappa shape index (κ3) is 5.49. The molecule has 0 aromatic rings. The van der Waals surface area contributed by atoms with Gasteiger partial charge in [0.25, 0.3) is 5.91 Å². The van der Waals surface area contributed by atoms with Crippen LogP contribution in [0.5, 0.6) is 0 Å². The largest absolute Gasteiger partial charge is 1.00 e. The van der Waals surface area contributed by atoms with E-state index in [9.17, 15) is 29.4 Å². The summed E-state index contributed by atoms with van der Waals surface area (Å²) in [4.78, 5) is 45.0. The maximum absolute atomic E-state index is 11.6. The molecule has 1 saturated heterocycles. The smallest absolute Gasteiger partial charge is 0.790 e. The van der Waals surface area contributed by atoms with Crippen LogP contribution in [-0.4, -0.2) is 82.2 Å². The van der Waals surface area contributed by atoms with Crippen LogP contribution in [-0.2, 0) is 18.6 Å². The number of carbonyl (C=O) groups excluding carboxylic acids is 1. The van der Waals surface area contributed by atoms with E-state index in [1.54, 1.807) is 0 Å². The van der Waals surface area contributed by atoms with Gasteiger partial charge in [0.2, 0.25) is 0 Å². The van der Waals surface area contributed by atoms with Crippen molar-refractivity contribution >= 4 is 32.2 Å². The van der Waals surface area contributed by atoms with Gasteiger partial charge in [0.05, 0.1) is 20.8 Å². The van der Waals surface area contributed by atoms with E-state index in [1.165, 1.54) is 11.2 Å². The molecule has 1 fully saturated rings. The maximum Gasteiger partial charge on any atom is 1.00 e. The second-order valence-corrected chi connectivity index (χ2v) is 6.09. The number of fused-ring (bicyclic) bond motifs is 1. The van der Waals surface area contributed by atoms with Gasteiger partial charge in [-0.1, -0.05) is 0 Å². The molecule has 1 amide bonds. The molecule has 3 aliphatic heterocycles. The van der Waals surface area contributed by atoms with Crippen molar-refractivity contribution in [2.75, 3.05) is 6.61 Å². The SMILES string of the molecule is O.O=C1N=CN=C2C1N=CN2[C@@H]1O[C@H](COP(=O)([O-])[O-])[C@@H](O)[C@H]1O.[Na+].[Na+]. The summed E-state index contributed by atoms with van der Waals surface area (Å²) >= 11 is 0. The first-order chi connectivity index (χ1) is 10.8. The van der Waals surface area contributed by atoms with Gasteiger partial charge in [-0.05, 0) is 0 Å². The number of ether oxygens (including phenoxy) is 1. The number of phosphoric acid groups is 1. The molecule has 26 heavy (non-hydrogen) atoms. The standard InChI is InChI=1S/C10H13N4O8P.2Na.H2O/c15-6-4(1-21-23(18,19)20)22-10(7(6)16)14-3-13-5-8(14)11-2-12-9(5)17;;;/h2-7,10,15-16H,1H2,(H2,18,19,20);;;1H2/q;2*+1;/p-2/t4-,5?,6-,7-,10-;;;/m1.../s1. The van der Waals surface area contributed by atoms with Gasteiger partial charge in [0, 0.05) is 0 Å². The van der Waals surface area contributed by atoms with Crippen molar-refractivity contribution in [2.45, 2.75) is 30.6 Å². The molecular formula is C10H13N4Na2O9P. The summed E-state index contributed by atoms with van der Waals surface area (Å²) in [6.45, 7) is -0.750. The third-order valence-corrected chi connectivity index (χ3v) is 3.93. The van der Waals surface area contributed by atoms with Crippen LogP contribution in [0, 0.1) is 0 Å². The zero-order valence-electron chi connectivity index (χ0n) is 13.8. The Bertz CT molecular complexity index is 656. The van der Waals surface area contributed by atoms with Gasteiger partial charge in [0.1, 0.15) is 30.5 Å². The Hall–Kier alpha value is 0.430. The van der Waals surface area contributed by atoms with Gasteiger partial charge in [-0.3, -0.25) is 14.7 Å². The number of amides is 1. The zero-order valence-corrected chi connectivity index (χ0v) is 18.7. The van der Waals surface area contributed by atoms with E-state index in [0.717, 1.165) is 6.34 Å². The van der Waals surface area contributed by atoms with Crippen molar-refractivity contribution in [3.8, 4) is 0 Å². The number of rotatable bonds is 4. The number of aliphatic hydroxyl groups is 2. The second kappa shape index (κ2) is 10.3. The molecule has 16 heteroatoms. The first-order valence-corrected chi connectivity index (χ1v) is 7.88.